The number of rotatable bonds is 7. The lowest BCUT2D eigenvalue weighted by Crippen LogP contribution is -2.43. The predicted octanol–water partition coefficient (Wildman–Crippen LogP) is 2.40. The number of nitrogens with zero attached hydrogens (tertiary/aromatic N) is 2. The van der Waals surface area contributed by atoms with E-state index >= 15 is 0 Å². The van der Waals surface area contributed by atoms with Gasteiger partial charge in [-0.2, -0.15) is 4.98 Å². The fourth-order valence-corrected chi connectivity index (χ4v) is 3.10. The van der Waals surface area contributed by atoms with Crippen molar-refractivity contribution in [2.75, 3.05) is 17.2 Å². The molecule has 26 heavy (non-hydrogen) atoms. The van der Waals surface area contributed by atoms with Crippen LogP contribution in [0.1, 0.15) is 43.0 Å². The summed E-state index contributed by atoms with van der Waals surface area (Å²) in [5.41, 5.74) is 5.18. The first-order valence-electron chi connectivity index (χ1n) is 8.86. The Bertz CT molecular complexity index is 746. The van der Waals surface area contributed by atoms with Crippen LogP contribution in [0.2, 0.25) is 0 Å². The molecule has 4 N–H and O–H groups in total. The molecular formula is C18H25N5O3. The second-order valence-electron chi connectivity index (χ2n) is 6.72. The van der Waals surface area contributed by atoms with Gasteiger partial charge in [0.05, 0.1) is 18.7 Å². The molecule has 2 aromatic heterocycles. The van der Waals surface area contributed by atoms with Gasteiger partial charge in [-0.3, -0.25) is 4.79 Å². The van der Waals surface area contributed by atoms with E-state index in [4.69, 9.17) is 14.9 Å². The summed E-state index contributed by atoms with van der Waals surface area (Å²) in [6.07, 6.45) is 3.96. The Morgan fingerprint density at radius 3 is 2.96 bits per heavy atom. The number of ether oxygens (including phenoxy) is 1. The third-order valence-electron chi connectivity index (χ3n) is 4.34. The van der Waals surface area contributed by atoms with Crippen LogP contribution in [0.25, 0.3) is 0 Å². The number of nitrogens with two attached hydrogens (primary N) is 1. The molecule has 1 aliphatic heterocycles. The van der Waals surface area contributed by atoms with Crippen LogP contribution >= 0.6 is 0 Å². The van der Waals surface area contributed by atoms with Crippen LogP contribution < -0.4 is 16.4 Å². The summed E-state index contributed by atoms with van der Waals surface area (Å²) in [7, 11) is 0. The fraction of sp³-hybridized carbons (Fsp3) is 0.500. The molecule has 0 unspecified atom stereocenters. The monoisotopic (exact) mass is 359 g/mol. The molecule has 8 heteroatoms. The van der Waals surface area contributed by atoms with Crippen molar-refractivity contribution >= 4 is 17.7 Å². The minimum absolute atomic E-state index is 0.134. The van der Waals surface area contributed by atoms with Gasteiger partial charge in [0, 0.05) is 12.8 Å². The van der Waals surface area contributed by atoms with Gasteiger partial charge >= 0.3 is 0 Å². The maximum absolute atomic E-state index is 11.1. The Morgan fingerprint density at radius 1 is 1.38 bits per heavy atom. The minimum atomic E-state index is -0.590. The van der Waals surface area contributed by atoms with Crippen molar-refractivity contribution in [1.29, 1.82) is 0 Å². The summed E-state index contributed by atoms with van der Waals surface area (Å²) >= 11 is 0. The molecule has 8 nitrogen and oxygen atoms in total. The zero-order chi connectivity index (χ0) is 18.5. The molecule has 3 heterocycles. The van der Waals surface area contributed by atoms with Gasteiger partial charge in [0.2, 0.25) is 5.95 Å². The number of hydrogen-bond donors (Lipinski definition) is 3. The van der Waals surface area contributed by atoms with E-state index in [0.717, 1.165) is 25.3 Å². The van der Waals surface area contributed by atoms with E-state index in [9.17, 15) is 4.79 Å². The third-order valence-corrected chi connectivity index (χ3v) is 4.34. The van der Waals surface area contributed by atoms with Crippen molar-refractivity contribution in [3.05, 3.63) is 35.9 Å². The van der Waals surface area contributed by atoms with Crippen molar-refractivity contribution in [3.8, 4) is 0 Å². The number of carbonyl (C=O) groups excluding carboxylic acids is 1. The Hall–Kier alpha value is -2.61. The van der Waals surface area contributed by atoms with Crippen molar-refractivity contribution in [2.24, 2.45) is 11.7 Å². The number of primary amides is 1. The summed E-state index contributed by atoms with van der Waals surface area (Å²) in [6.45, 7) is 5.51. The molecule has 3 rings (SSSR count). The Balaban J connectivity index is 1.61. The number of furan rings is 1. The van der Waals surface area contributed by atoms with Crippen LogP contribution in [0.4, 0.5) is 11.8 Å². The van der Waals surface area contributed by atoms with E-state index in [2.05, 4.69) is 34.4 Å². The van der Waals surface area contributed by atoms with E-state index < -0.39 is 5.91 Å². The average Bonchev–Trinajstić information content (AvgIpc) is 3.10. The zero-order valence-corrected chi connectivity index (χ0v) is 15.1. The van der Waals surface area contributed by atoms with Crippen LogP contribution in [0.5, 0.6) is 0 Å². The van der Waals surface area contributed by atoms with Gasteiger partial charge in [-0.25, -0.2) is 4.98 Å². The highest BCUT2D eigenvalue weighted by molar-refractivity contribution is 5.89. The van der Waals surface area contributed by atoms with Crippen molar-refractivity contribution in [2.45, 2.75) is 45.4 Å². The average molecular weight is 359 g/mol. The highest BCUT2D eigenvalue weighted by Gasteiger charge is 2.28. The molecule has 0 spiro atoms. The lowest BCUT2D eigenvalue weighted by molar-refractivity contribution is -0.0203. The van der Waals surface area contributed by atoms with E-state index in [1.165, 1.54) is 0 Å². The number of amides is 1. The molecule has 0 saturated carbocycles. The van der Waals surface area contributed by atoms with Gasteiger partial charge in [-0.15, -0.1) is 0 Å². The lowest BCUT2D eigenvalue weighted by Gasteiger charge is -2.35. The quantitative estimate of drug-likeness (QED) is 0.695. The predicted molar refractivity (Wildman–Crippen MR) is 97.8 cm³/mol. The van der Waals surface area contributed by atoms with Crippen LogP contribution in [0, 0.1) is 5.92 Å². The second kappa shape index (κ2) is 8.18. The van der Waals surface area contributed by atoms with E-state index in [0.29, 0.717) is 24.2 Å². The summed E-state index contributed by atoms with van der Waals surface area (Å²) in [5, 5.41) is 6.55. The maximum Gasteiger partial charge on any atom is 0.284 e. The smallest absolute Gasteiger partial charge is 0.284 e. The Morgan fingerprint density at radius 2 is 2.23 bits per heavy atom. The number of hydrogen-bond acceptors (Lipinski definition) is 7. The Kier molecular flexibility index (Phi) is 5.72. The topological polar surface area (TPSA) is 115 Å². The molecule has 0 aliphatic carbocycles. The van der Waals surface area contributed by atoms with Crippen molar-refractivity contribution < 1.29 is 13.9 Å². The van der Waals surface area contributed by atoms with E-state index in [1.54, 1.807) is 18.3 Å². The van der Waals surface area contributed by atoms with Gasteiger partial charge in [0.15, 0.2) is 5.76 Å². The van der Waals surface area contributed by atoms with Gasteiger partial charge in [0.25, 0.3) is 5.91 Å². The zero-order valence-electron chi connectivity index (χ0n) is 15.1. The summed E-state index contributed by atoms with van der Waals surface area (Å²) in [4.78, 5) is 19.8. The number of aromatic nitrogens is 2. The van der Waals surface area contributed by atoms with Crippen molar-refractivity contribution in [3.63, 3.8) is 0 Å². The van der Waals surface area contributed by atoms with Gasteiger partial charge < -0.3 is 25.5 Å². The van der Waals surface area contributed by atoms with Crippen LogP contribution in [0.15, 0.2) is 28.8 Å². The molecule has 1 fully saturated rings. The van der Waals surface area contributed by atoms with Gasteiger partial charge in [-0.05, 0) is 37.0 Å². The largest absolute Gasteiger partial charge is 0.454 e. The fourth-order valence-electron chi connectivity index (χ4n) is 3.10. The van der Waals surface area contributed by atoms with Crippen LogP contribution in [-0.2, 0) is 11.3 Å². The lowest BCUT2D eigenvalue weighted by atomic mass is 9.94. The van der Waals surface area contributed by atoms with Crippen LogP contribution in [0.3, 0.4) is 0 Å². The normalized spacial score (nSPS) is 20.1. The molecule has 2 aromatic rings. The second-order valence-corrected chi connectivity index (χ2v) is 6.72. The summed E-state index contributed by atoms with van der Waals surface area (Å²) in [5.74, 6) is 1.79. The third kappa shape index (κ3) is 4.51. The summed E-state index contributed by atoms with van der Waals surface area (Å²) < 4.78 is 11.2. The molecule has 2 atom stereocenters. The highest BCUT2D eigenvalue weighted by Crippen LogP contribution is 2.23. The van der Waals surface area contributed by atoms with Gasteiger partial charge in [0.1, 0.15) is 11.6 Å². The first kappa shape index (κ1) is 18.2. The molecule has 0 aromatic carbocycles. The molecule has 1 aliphatic rings. The standard InChI is InChI=1S/C18H25N5O3/c1-11(2)16-13(4-3-9-25-16)22-15-7-8-20-18(23-15)21-10-12-5-6-14(26-12)17(19)24/h5-8,11,13,16H,3-4,9-10H2,1-2H3,(H2,19,24)(H2,20,21,22,23)/t13-,16+/m1/s1. The highest BCUT2D eigenvalue weighted by atomic mass is 16.5. The minimum Gasteiger partial charge on any atom is -0.454 e. The number of nitrogens with one attached hydrogen (secondary N) is 2. The van der Waals surface area contributed by atoms with E-state index in [1.807, 2.05) is 6.07 Å². The molecule has 140 valence electrons. The number of anilines is 2. The molecule has 1 amide bonds. The Labute approximate surface area is 152 Å². The number of carbonyl (C=O) groups is 1. The first-order chi connectivity index (χ1) is 12.5. The molecule has 1 saturated heterocycles. The molecular weight excluding hydrogens is 334 g/mol. The SMILES string of the molecule is CC(C)[C@@H]1OCCC[C@H]1Nc1ccnc(NCc2ccc(C(N)=O)o2)n1. The molecule has 0 bridgehead atoms. The van der Waals surface area contributed by atoms with E-state index in [-0.39, 0.29) is 17.9 Å². The van der Waals surface area contributed by atoms with Crippen LogP contribution in [-0.4, -0.2) is 34.6 Å². The molecule has 0 radical (unpaired) electrons. The van der Waals surface area contributed by atoms with Gasteiger partial charge in [-0.1, -0.05) is 13.8 Å². The maximum atomic E-state index is 11.1. The summed E-state index contributed by atoms with van der Waals surface area (Å²) in [6, 6.07) is 5.32. The van der Waals surface area contributed by atoms with Crippen molar-refractivity contribution in [1.82, 2.24) is 9.97 Å². The first-order valence-corrected chi connectivity index (χ1v) is 8.86.